The third kappa shape index (κ3) is 3.60. The zero-order chi connectivity index (χ0) is 30.6. The van der Waals surface area contributed by atoms with Gasteiger partial charge in [0.2, 0.25) is 0 Å². The van der Waals surface area contributed by atoms with Crippen molar-refractivity contribution in [1.29, 1.82) is 0 Å². The summed E-state index contributed by atoms with van der Waals surface area (Å²) in [6, 6.07) is 52.4. The van der Waals surface area contributed by atoms with Crippen molar-refractivity contribution < 1.29 is 9.15 Å². The molecule has 1 aliphatic heterocycles. The van der Waals surface area contributed by atoms with Crippen LogP contribution in [-0.4, -0.2) is 0 Å². The zero-order valence-corrected chi connectivity index (χ0v) is 25.9. The first-order chi connectivity index (χ1) is 23.3. The van der Waals surface area contributed by atoms with E-state index in [0.717, 1.165) is 28.2 Å². The molecule has 1 aliphatic rings. The molecule has 0 bridgehead atoms. The zero-order valence-electron chi connectivity index (χ0n) is 25.1. The fraction of sp³-hybridized carbons (Fsp3) is 0. The molecular formula is C44H24O2S. The Bertz CT molecular complexity index is 2940. The lowest BCUT2D eigenvalue weighted by Gasteiger charge is -2.22. The number of furan rings is 1. The van der Waals surface area contributed by atoms with Gasteiger partial charge in [0.15, 0.2) is 0 Å². The summed E-state index contributed by atoms with van der Waals surface area (Å²) in [5.41, 5.74) is 9.02. The van der Waals surface area contributed by atoms with Crippen molar-refractivity contribution >= 4 is 75.0 Å². The molecule has 2 aromatic heterocycles. The van der Waals surface area contributed by atoms with Gasteiger partial charge in [0.1, 0.15) is 22.7 Å². The molecule has 0 unspecified atom stereocenters. The number of ether oxygens (including phenoxy) is 1. The normalized spacial score (nSPS) is 12.4. The Morgan fingerprint density at radius 2 is 1.09 bits per heavy atom. The Balaban J connectivity index is 1.05. The molecule has 3 heteroatoms. The van der Waals surface area contributed by atoms with Crippen LogP contribution in [0.25, 0.3) is 97.0 Å². The van der Waals surface area contributed by atoms with Crippen molar-refractivity contribution in [2.24, 2.45) is 0 Å². The highest BCUT2D eigenvalue weighted by Gasteiger charge is 2.21. The minimum atomic E-state index is 0.906. The van der Waals surface area contributed by atoms with E-state index < -0.39 is 0 Å². The first-order valence-electron chi connectivity index (χ1n) is 15.9. The summed E-state index contributed by atoms with van der Waals surface area (Å²) in [7, 11) is 0. The molecule has 0 aliphatic carbocycles. The van der Waals surface area contributed by atoms with Crippen molar-refractivity contribution in [3.8, 4) is 44.9 Å². The molecular weight excluding hydrogens is 593 g/mol. The highest BCUT2D eigenvalue weighted by molar-refractivity contribution is 7.25. The first kappa shape index (κ1) is 25.3. The van der Waals surface area contributed by atoms with Gasteiger partial charge in [0, 0.05) is 41.9 Å². The predicted molar refractivity (Wildman–Crippen MR) is 198 cm³/mol. The van der Waals surface area contributed by atoms with Crippen molar-refractivity contribution in [2.75, 3.05) is 0 Å². The summed E-state index contributed by atoms with van der Waals surface area (Å²) >= 11 is 1.86. The van der Waals surface area contributed by atoms with Crippen LogP contribution in [0.3, 0.4) is 0 Å². The molecule has 0 saturated heterocycles. The van der Waals surface area contributed by atoms with Gasteiger partial charge in [0.25, 0.3) is 0 Å². The third-order valence-electron chi connectivity index (χ3n) is 9.86. The molecule has 8 aromatic carbocycles. The van der Waals surface area contributed by atoms with Gasteiger partial charge in [-0.25, -0.2) is 0 Å². The quantitative estimate of drug-likeness (QED) is 0.193. The Morgan fingerprint density at radius 1 is 0.383 bits per heavy atom. The largest absolute Gasteiger partial charge is 0.456 e. The fourth-order valence-corrected chi connectivity index (χ4v) is 8.88. The smallest absolute Gasteiger partial charge is 0.136 e. The molecule has 3 heterocycles. The number of benzene rings is 8. The number of rotatable bonds is 2. The molecule has 0 saturated carbocycles. The van der Waals surface area contributed by atoms with Crippen LogP contribution in [0.5, 0.6) is 11.5 Å². The van der Waals surface area contributed by atoms with Crippen LogP contribution in [-0.2, 0) is 0 Å². The Morgan fingerprint density at radius 3 is 2.00 bits per heavy atom. The second-order valence-electron chi connectivity index (χ2n) is 12.4. The fourth-order valence-electron chi connectivity index (χ4n) is 7.70. The average Bonchev–Trinajstić information content (AvgIpc) is 3.69. The minimum absolute atomic E-state index is 0.906. The average molecular weight is 617 g/mol. The van der Waals surface area contributed by atoms with Gasteiger partial charge in [-0.3, -0.25) is 0 Å². The maximum atomic E-state index is 6.38. The van der Waals surface area contributed by atoms with Crippen LogP contribution in [0.4, 0.5) is 0 Å². The molecule has 0 atom stereocenters. The predicted octanol–water partition coefficient (Wildman–Crippen LogP) is 13.4. The Kier molecular flexibility index (Phi) is 5.02. The summed E-state index contributed by atoms with van der Waals surface area (Å²) < 4.78 is 15.3. The number of thiophene rings is 1. The lowest BCUT2D eigenvalue weighted by atomic mass is 9.92. The van der Waals surface area contributed by atoms with Crippen LogP contribution >= 0.6 is 11.3 Å². The molecule has 218 valence electrons. The van der Waals surface area contributed by atoms with E-state index in [-0.39, 0.29) is 0 Å². The standard InChI is InChI=1S/C44H24O2S/c1-2-9-30-25(6-1)16-21-39-43(30)44-31(10-5-13-38(44)46-39)29-15-19-33-32-18-14-28(23-40(32)47-41(33)24-29)27-17-20-36-35(22-27)34-11-3-7-26-8-4-12-37(45-36)42(26)34/h1-24H. The van der Waals surface area contributed by atoms with E-state index in [0.29, 0.717) is 0 Å². The van der Waals surface area contributed by atoms with Gasteiger partial charge in [-0.1, -0.05) is 103 Å². The van der Waals surface area contributed by atoms with E-state index in [1.165, 1.54) is 80.3 Å². The second kappa shape index (κ2) is 9.32. The van der Waals surface area contributed by atoms with Gasteiger partial charge in [-0.15, -0.1) is 11.3 Å². The maximum absolute atomic E-state index is 6.38. The van der Waals surface area contributed by atoms with E-state index >= 15 is 0 Å². The highest BCUT2D eigenvalue weighted by Crippen LogP contribution is 2.48. The van der Waals surface area contributed by atoms with E-state index in [1.807, 2.05) is 11.3 Å². The maximum Gasteiger partial charge on any atom is 0.136 e. The summed E-state index contributed by atoms with van der Waals surface area (Å²) in [6.07, 6.45) is 0. The van der Waals surface area contributed by atoms with Crippen molar-refractivity contribution in [2.45, 2.75) is 0 Å². The van der Waals surface area contributed by atoms with Crippen LogP contribution in [0.15, 0.2) is 150 Å². The van der Waals surface area contributed by atoms with Crippen LogP contribution in [0, 0.1) is 0 Å². The molecule has 47 heavy (non-hydrogen) atoms. The molecule has 2 nitrogen and oxygen atoms in total. The van der Waals surface area contributed by atoms with Gasteiger partial charge in [-0.2, -0.15) is 0 Å². The minimum Gasteiger partial charge on any atom is -0.456 e. The molecule has 0 fully saturated rings. The molecule has 11 rings (SSSR count). The molecule has 0 amide bonds. The van der Waals surface area contributed by atoms with E-state index in [1.54, 1.807) is 0 Å². The third-order valence-corrected chi connectivity index (χ3v) is 11.0. The number of hydrogen-bond donors (Lipinski definition) is 0. The van der Waals surface area contributed by atoms with Crippen LogP contribution in [0.1, 0.15) is 0 Å². The Labute approximate surface area is 273 Å². The molecule has 0 N–H and O–H groups in total. The summed E-state index contributed by atoms with van der Waals surface area (Å²) in [5, 5.41) is 9.77. The molecule has 0 radical (unpaired) electrons. The monoisotopic (exact) mass is 616 g/mol. The Hall–Kier alpha value is -5.90. The topological polar surface area (TPSA) is 22.4 Å². The SMILES string of the molecule is c1cc2c3c(cccc3c1)-c1cc(-c3ccc4c(c3)sc3cc(-c5cccc6oc7ccc8ccccc8c7c56)ccc34)ccc1O2. The summed E-state index contributed by atoms with van der Waals surface area (Å²) in [5.74, 6) is 1.83. The lowest BCUT2D eigenvalue weighted by Crippen LogP contribution is -1.97. The summed E-state index contributed by atoms with van der Waals surface area (Å²) in [4.78, 5) is 0. The molecule has 0 spiro atoms. The second-order valence-corrected chi connectivity index (χ2v) is 13.5. The van der Waals surface area contributed by atoms with Crippen molar-refractivity contribution in [3.63, 3.8) is 0 Å². The van der Waals surface area contributed by atoms with Gasteiger partial charge in [-0.05, 0) is 86.4 Å². The number of hydrogen-bond acceptors (Lipinski definition) is 3. The van der Waals surface area contributed by atoms with Crippen molar-refractivity contribution in [1.82, 2.24) is 0 Å². The van der Waals surface area contributed by atoms with Crippen molar-refractivity contribution in [3.05, 3.63) is 146 Å². The lowest BCUT2D eigenvalue weighted by molar-refractivity contribution is 0.487. The highest BCUT2D eigenvalue weighted by atomic mass is 32.1. The van der Waals surface area contributed by atoms with Crippen LogP contribution in [0.2, 0.25) is 0 Å². The van der Waals surface area contributed by atoms with E-state index in [9.17, 15) is 0 Å². The van der Waals surface area contributed by atoms with Gasteiger partial charge >= 0.3 is 0 Å². The van der Waals surface area contributed by atoms with Crippen LogP contribution < -0.4 is 4.74 Å². The van der Waals surface area contributed by atoms with E-state index in [4.69, 9.17) is 9.15 Å². The first-order valence-corrected chi connectivity index (χ1v) is 16.7. The summed E-state index contributed by atoms with van der Waals surface area (Å²) in [6.45, 7) is 0. The number of fused-ring (bicyclic) bond motifs is 10. The van der Waals surface area contributed by atoms with E-state index in [2.05, 4.69) is 146 Å². The van der Waals surface area contributed by atoms with Gasteiger partial charge < -0.3 is 9.15 Å². The molecule has 10 aromatic rings. The van der Waals surface area contributed by atoms with Gasteiger partial charge in [0.05, 0.1) is 0 Å².